The smallest absolute Gasteiger partial charge is 0.0582 e. The van der Waals surface area contributed by atoms with Gasteiger partial charge in [0.2, 0.25) is 0 Å². The van der Waals surface area contributed by atoms with E-state index in [9.17, 15) is 0 Å². The highest BCUT2D eigenvalue weighted by molar-refractivity contribution is 4.70. The normalized spacial score (nSPS) is 26.8. The molecule has 0 aromatic rings. The number of ether oxygens (including phenoxy) is 2. The van der Waals surface area contributed by atoms with Crippen LogP contribution in [-0.2, 0) is 9.47 Å². The SMILES string of the molecule is CC(C)OCC1CCCCCCCC(OC(C)C)C1. The van der Waals surface area contributed by atoms with Gasteiger partial charge in [-0.15, -0.1) is 0 Å². The van der Waals surface area contributed by atoms with Crippen LogP contribution in [0.5, 0.6) is 0 Å². The first kappa shape index (κ1) is 17.0. The maximum absolute atomic E-state index is 6.10. The Labute approximate surface area is 120 Å². The van der Waals surface area contributed by atoms with E-state index in [0.717, 1.165) is 6.61 Å². The molecule has 2 nitrogen and oxygen atoms in total. The molecule has 0 bridgehead atoms. The molecule has 1 saturated carbocycles. The maximum atomic E-state index is 6.10. The highest BCUT2D eigenvalue weighted by atomic mass is 16.5. The summed E-state index contributed by atoms with van der Waals surface area (Å²) in [6, 6.07) is 0. The predicted molar refractivity (Wildman–Crippen MR) is 81.5 cm³/mol. The molecule has 0 aromatic carbocycles. The van der Waals surface area contributed by atoms with E-state index in [-0.39, 0.29) is 0 Å². The van der Waals surface area contributed by atoms with Gasteiger partial charge in [0.25, 0.3) is 0 Å². The van der Waals surface area contributed by atoms with Crippen LogP contribution in [0.1, 0.15) is 79.1 Å². The van der Waals surface area contributed by atoms with Crippen molar-refractivity contribution in [2.45, 2.75) is 97.4 Å². The molecular weight excluding hydrogens is 236 g/mol. The Morgan fingerprint density at radius 3 is 2.11 bits per heavy atom. The summed E-state index contributed by atoms with van der Waals surface area (Å²) in [5, 5.41) is 0. The lowest BCUT2D eigenvalue weighted by atomic mass is 9.91. The van der Waals surface area contributed by atoms with Crippen LogP contribution in [0.2, 0.25) is 0 Å². The maximum Gasteiger partial charge on any atom is 0.0582 e. The van der Waals surface area contributed by atoms with E-state index >= 15 is 0 Å². The molecule has 2 unspecified atom stereocenters. The van der Waals surface area contributed by atoms with Crippen LogP contribution in [0.15, 0.2) is 0 Å². The quantitative estimate of drug-likeness (QED) is 0.703. The first-order valence-corrected chi connectivity index (χ1v) is 8.35. The van der Waals surface area contributed by atoms with Gasteiger partial charge in [0.1, 0.15) is 0 Å². The summed E-state index contributed by atoms with van der Waals surface area (Å²) in [6.45, 7) is 9.47. The van der Waals surface area contributed by atoms with E-state index in [1.54, 1.807) is 0 Å². The Bertz CT molecular complexity index is 213. The van der Waals surface area contributed by atoms with Gasteiger partial charge in [0, 0.05) is 6.61 Å². The Hall–Kier alpha value is -0.0800. The van der Waals surface area contributed by atoms with E-state index in [2.05, 4.69) is 27.7 Å². The zero-order valence-corrected chi connectivity index (χ0v) is 13.5. The van der Waals surface area contributed by atoms with Gasteiger partial charge in [0.15, 0.2) is 0 Å². The summed E-state index contributed by atoms with van der Waals surface area (Å²) in [5.41, 5.74) is 0. The Morgan fingerprint density at radius 1 is 0.842 bits per heavy atom. The van der Waals surface area contributed by atoms with Crippen LogP contribution in [0.4, 0.5) is 0 Å². The van der Waals surface area contributed by atoms with Crippen LogP contribution < -0.4 is 0 Å². The lowest BCUT2D eigenvalue weighted by Gasteiger charge is -2.27. The minimum absolute atomic E-state index is 0.347. The fourth-order valence-corrected chi connectivity index (χ4v) is 2.93. The Kier molecular flexibility index (Phi) is 8.72. The average Bonchev–Trinajstić information content (AvgIpc) is 2.33. The fraction of sp³-hybridized carbons (Fsp3) is 1.00. The van der Waals surface area contributed by atoms with Gasteiger partial charge in [-0.05, 0) is 52.9 Å². The lowest BCUT2D eigenvalue weighted by Crippen LogP contribution is -2.25. The Balaban J connectivity index is 2.47. The fourth-order valence-electron chi connectivity index (χ4n) is 2.93. The molecule has 0 radical (unpaired) electrons. The topological polar surface area (TPSA) is 18.5 Å². The summed E-state index contributed by atoms with van der Waals surface area (Å²) in [5.74, 6) is 0.684. The monoisotopic (exact) mass is 270 g/mol. The zero-order valence-electron chi connectivity index (χ0n) is 13.5. The van der Waals surface area contributed by atoms with Crippen molar-refractivity contribution in [2.24, 2.45) is 5.92 Å². The van der Waals surface area contributed by atoms with Crippen molar-refractivity contribution in [1.29, 1.82) is 0 Å². The predicted octanol–water partition coefficient (Wildman–Crippen LogP) is 4.96. The first-order chi connectivity index (χ1) is 9.08. The highest BCUT2D eigenvalue weighted by Crippen LogP contribution is 2.25. The molecule has 0 heterocycles. The van der Waals surface area contributed by atoms with Crippen LogP contribution in [0.25, 0.3) is 0 Å². The number of hydrogen-bond acceptors (Lipinski definition) is 2. The van der Waals surface area contributed by atoms with Gasteiger partial charge in [0.05, 0.1) is 18.3 Å². The van der Waals surface area contributed by atoms with Crippen LogP contribution in [0.3, 0.4) is 0 Å². The minimum atomic E-state index is 0.347. The molecule has 0 N–H and O–H groups in total. The van der Waals surface area contributed by atoms with Gasteiger partial charge in [-0.3, -0.25) is 0 Å². The highest BCUT2D eigenvalue weighted by Gasteiger charge is 2.19. The molecule has 1 aliphatic carbocycles. The first-order valence-electron chi connectivity index (χ1n) is 8.35. The van der Waals surface area contributed by atoms with Gasteiger partial charge in [-0.2, -0.15) is 0 Å². The molecular formula is C17H34O2. The van der Waals surface area contributed by atoms with Crippen molar-refractivity contribution in [3.8, 4) is 0 Å². The van der Waals surface area contributed by atoms with E-state index in [1.807, 2.05) is 0 Å². The third kappa shape index (κ3) is 8.65. The molecule has 0 saturated heterocycles. The van der Waals surface area contributed by atoms with Gasteiger partial charge in [-0.1, -0.05) is 32.1 Å². The van der Waals surface area contributed by atoms with Gasteiger partial charge in [-0.25, -0.2) is 0 Å². The average molecular weight is 270 g/mol. The molecule has 0 spiro atoms. The number of hydrogen-bond donors (Lipinski definition) is 0. The van der Waals surface area contributed by atoms with Crippen molar-refractivity contribution < 1.29 is 9.47 Å². The molecule has 1 fully saturated rings. The largest absolute Gasteiger partial charge is 0.379 e. The molecule has 1 aliphatic rings. The summed E-state index contributed by atoms with van der Waals surface area (Å²) >= 11 is 0. The molecule has 2 atom stereocenters. The van der Waals surface area contributed by atoms with Crippen molar-refractivity contribution in [3.63, 3.8) is 0 Å². The van der Waals surface area contributed by atoms with Crippen LogP contribution in [-0.4, -0.2) is 24.9 Å². The van der Waals surface area contributed by atoms with E-state index in [4.69, 9.17) is 9.47 Å². The summed E-state index contributed by atoms with van der Waals surface area (Å²) in [6.07, 6.45) is 11.7. The summed E-state index contributed by atoms with van der Waals surface area (Å²) < 4.78 is 12.0. The van der Waals surface area contributed by atoms with Crippen molar-refractivity contribution in [2.75, 3.05) is 6.61 Å². The molecule has 0 aromatic heterocycles. The van der Waals surface area contributed by atoms with Crippen molar-refractivity contribution in [3.05, 3.63) is 0 Å². The van der Waals surface area contributed by atoms with Crippen molar-refractivity contribution >= 4 is 0 Å². The standard InChI is InChI=1S/C17H34O2/c1-14(2)18-13-16-10-8-6-5-7-9-11-17(12-16)19-15(3)4/h14-17H,5-13H2,1-4H3. The molecule has 0 aliphatic heterocycles. The van der Waals surface area contributed by atoms with Crippen LogP contribution >= 0.6 is 0 Å². The van der Waals surface area contributed by atoms with Crippen molar-refractivity contribution in [1.82, 2.24) is 0 Å². The summed E-state index contributed by atoms with van der Waals surface area (Å²) in [4.78, 5) is 0. The minimum Gasteiger partial charge on any atom is -0.379 e. The Morgan fingerprint density at radius 2 is 1.47 bits per heavy atom. The third-order valence-corrected chi connectivity index (χ3v) is 3.86. The van der Waals surface area contributed by atoms with Crippen LogP contribution in [0, 0.1) is 5.92 Å². The molecule has 114 valence electrons. The van der Waals surface area contributed by atoms with Gasteiger partial charge < -0.3 is 9.47 Å². The van der Waals surface area contributed by atoms with Gasteiger partial charge >= 0.3 is 0 Å². The molecule has 2 heteroatoms. The van der Waals surface area contributed by atoms with E-state index in [1.165, 1.54) is 51.4 Å². The third-order valence-electron chi connectivity index (χ3n) is 3.86. The second kappa shape index (κ2) is 9.77. The molecule has 1 rings (SSSR count). The summed E-state index contributed by atoms with van der Waals surface area (Å²) in [7, 11) is 0. The van der Waals surface area contributed by atoms with E-state index in [0.29, 0.717) is 24.2 Å². The molecule has 0 amide bonds. The zero-order chi connectivity index (χ0) is 14.1. The second-order valence-electron chi connectivity index (χ2n) is 6.64. The molecule has 19 heavy (non-hydrogen) atoms. The number of rotatable bonds is 5. The lowest BCUT2D eigenvalue weighted by molar-refractivity contribution is -0.0286. The second-order valence-corrected chi connectivity index (χ2v) is 6.64. The van der Waals surface area contributed by atoms with E-state index < -0.39 is 0 Å².